The summed E-state index contributed by atoms with van der Waals surface area (Å²) in [4.78, 5) is 0. The van der Waals surface area contributed by atoms with Crippen molar-refractivity contribution in [3.8, 4) is 0 Å². The zero-order chi connectivity index (χ0) is 8.49. The Kier molecular flexibility index (Phi) is 6.14. The van der Waals surface area contributed by atoms with Gasteiger partial charge in [0.2, 0.25) is 0 Å². The van der Waals surface area contributed by atoms with Gasteiger partial charge in [-0.25, -0.2) is 5.43 Å². The summed E-state index contributed by atoms with van der Waals surface area (Å²) in [5.74, 6) is 0. The monoisotopic (exact) mass is 173 g/mol. The molecule has 1 aliphatic heterocycles. The summed E-state index contributed by atoms with van der Waals surface area (Å²) >= 11 is 0. The van der Waals surface area contributed by atoms with Crippen LogP contribution in [-0.2, 0) is 0 Å². The number of hydrogen-bond acceptors (Lipinski definition) is 5. The molecule has 1 rings (SSSR count). The lowest BCUT2D eigenvalue weighted by atomic mass is 10.5. The van der Waals surface area contributed by atoms with Crippen LogP contribution in [0.15, 0.2) is 0 Å². The Morgan fingerprint density at radius 3 is 1.83 bits per heavy atom. The zero-order valence-electron chi connectivity index (χ0n) is 7.45. The van der Waals surface area contributed by atoms with Gasteiger partial charge in [0.05, 0.1) is 6.67 Å². The van der Waals surface area contributed by atoms with Crippen LogP contribution in [0.25, 0.3) is 0 Å². The van der Waals surface area contributed by atoms with Crippen molar-refractivity contribution < 1.29 is 0 Å². The first kappa shape index (κ1) is 9.88. The van der Waals surface area contributed by atoms with Gasteiger partial charge in [-0.1, -0.05) is 0 Å². The summed E-state index contributed by atoms with van der Waals surface area (Å²) < 4.78 is 0. The van der Waals surface area contributed by atoms with Crippen molar-refractivity contribution in [2.45, 2.75) is 0 Å². The summed E-state index contributed by atoms with van der Waals surface area (Å²) in [5, 5.41) is 9.89. The molecule has 0 atom stereocenters. The predicted octanol–water partition coefficient (Wildman–Crippen LogP) is -2.18. The maximum absolute atomic E-state index is 3.33. The molecule has 0 spiro atoms. The van der Waals surface area contributed by atoms with E-state index in [-0.39, 0.29) is 0 Å². The molecule has 0 aromatic rings. The second-order valence-corrected chi connectivity index (χ2v) is 2.78. The first-order valence-electron chi connectivity index (χ1n) is 4.58. The summed E-state index contributed by atoms with van der Waals surface area (Å²) in [6.45, 7) is 6.92. The molecule has 5 nitrogen and oxygen atoms in total. The largest absolute Gasteiger partial charge is 0.314 e. The third-order valence-corrected chi connectivity index (χ3v) is 1.72. The Labute approximate surface area is 73.6 Å². The van der Waals surface area contributed by atoms with Gasteiger partial charge in [-0.3, -0.25) is 5.43 Å². The normalized spacial score (nSPS) is 24.0. The lowest BCUT2D eigenvalue weighted by Gasteiger charge is -2.12. The van der Waals surface area contributed by atoms with Gasteiger partial charge in [-0.2, -0.15) is 0 Å². The van der Waals surface area contributed by atoms with Crippen molar-refractivity contribution in [3.63, 3.8) is 0 Å². The Bertz CT molecular complexity index is 54.8. The third kappa shape index (κ3) is 5.45. The average Bonchev–Trinajstić information content (AvgIpc) is 2.05. The summed E-state index contributed by atoms with van der Waals surface area (Å²) in [6, 6.07) is 0. The molecule has 0 bridgehead atoms. The maximum Gasteiger partial charge on any atom is 0.0590 e. The first-order valence-corrected chi connectivity index (χ1v) is 4.58. The van der Waals surface area contributed by atoms with E-state index in [0.29, 0.717) is 0 Å². The van der Waals surface area contributed by atoms with Crippen molar-refractivity contribution in [3.05, 3.63) is 0 Å². The van der Waals surface area contributed by atoms with Gasteiger partial charge in [0.25, 0.3) is 0 Å². The molecule has 0 radical (unpaired) electrons. The predicted molar refractivity (Wildman–Crippen MR) is 49.7 cm³/mol. The number of nitrogens with one attached hydrogen (secondary N) is 5. The lowest BCUT2D eigenvalue weighted by Crippen LogP contribution is -2.45. The lowest BCUT2D eigenvalue weighted by molar-refractivity contribution is 0.461. The topological polar surface area (TPSA) is 60.1 Å². The van der Waals surface area contributed by atoms with Crippen molar-refractivity contribution in [2.24, 2.45) is 0 Å². The molecule has 0 unspecified atom stereocenters. The van der Waals surface area contributed by atoms with Gasteiger partial charge in [0.15, 0.2) is 0 Å². The van der Waals surface area contributed by atoms with E-state index in [0.717, 1.165) is 45.9 Å². The highest BCUT2D eigenvalue weighted by Crippen LogP contribution is 1.63. The number of hydrogen-bond donors (Lipinski definition) is 5. The highest BCUT2D eigenvalue weighted by atomic mass is 15.4. The Balaban J connectivity index is 2.00. The molecule has 1 heterocycles. The van der Waals surface area contributed by atoms with E-state index in [2.05, 4.69) is 26.8 Å². The summed E-state index contributed by atoms with van der Waals surface area (Å²) in [6.07, 6.45) is 0. The highest BCUT2D eigenvalue weighted by molar-refractivity contribution is 4.56. The van der Waals surface area contributed by atoms with Crippen LogP contribution in [0.3, 0.4) is 0 Å². The molecular weight excluding hydrogens is 154 g/mol. The van der Waals surface area contributed by atoms with E-state index >= 15 is 0 Å². The van der Waals surface area contributed by atoms with Crippen molar-refractivity contribution in [1.82, 2.24) is 26.8 Å². The summed E-state index contributed by atoms with van der Waals surface area (Å²) in [7, 11) is 0. The van der Waals surface area contributed by atoms with Gasteiger partial charge < -0.3 is 16.0 Å². The minimum Gasteiger partial charge on any atom is -0.314 e. The Hall–Kier alpha value is -0.200. The third-order valence-electron chi connectivity index (χ3n) is 1.72. The fraction of sp³-hybridized carbons (Fsp3) is 1.00. The van der Waals surface area contributed by atoms with E-state index in [1.807, 2.05) is 0 Å². The van der Waals surface area contributed by atoms with Crippen molar-refractivity contribution in [1.29, 1.82) is 0 Å². The van der Waals surface area contributed by atoms with Gasteiger partial charge in [0, 0.05) is 39.3 Å². The van der Waals surface area contributed by atoms with Gasteiger partial charge >= 0.3 is 0 Å². The van der Waals surface area contributed by atoms with Crippen LogP contribution in [0.5, 0.6) is 0 Å². The molecule has 0 saturated carbocycles. The van der Waals surface area contributed by atoms with Gasteiger partial charge in [0.1, 0.15) is 0 Å². The zero-order valence-corrected chi connectivity index (χ0v) is 7.45. The maximum atomic E-state index is 3.33. The van der Waals surface area contributed by atoms with Crippen LogP contribution < -0.4 is 26.8 Å². The second kappa shape index (κ2) is 7.45. The molecule has 1 aliphatic rings. The first-order chi connectivity index (χ1) is 6.00. The Morgan fingerprint density at radius 1 is 0.500 bits per heavy atom. The van der Waals surface area contributed by atoms with Gasteiger partial charge in [-0.15, -0.1) is 0 Å². The second-order valence-electron chi connectivity index (χ2n) is 2.78. The van der Waals surface area contributed by atoms with Crippen LogP contribution in [0.4, 0.5) is 0 Å². The molecule has 72 valence electrons. The molecule has 0 aromatic heterocycles. The minimum atomic E-state index is 0.821. The van der Waals surface area contributed by atoms with E-state index in [9.17, 15) is 0 Å². The van der Waals surface area contributed by atoms with E-state index in [4.69, 9.17) is 0 Å². The smallest absolute Gasteiger partial charge is 0.0590 e. The SMILES string of the molecule is C1CNCCNNCNCCN1. The molecule has 1 fully saturated rings. The van der Waals surface area contributed by atoms with Crippen molar-refractivity contribution in [2.75, 3.05) is 45.9 Å². The molecule has 0 amide bonds. The highest BCUT2D eigenvalue weighted by Gasteiger charge is 1.91. The molecule has 12 heavy (non-hydrogen) atoms. The molecule has 0 aromatic carbocycles. The van der Waals surface area contributed by atoms with Crippen LogP contribution in [0.2, 0.25) is 0 Å². The molecule has 1 saturated heterocycles. The average molecular weight is 173 g/mol. The van der Waals surface area contributed by atoms with E-state index < -0.39 is 0 Å². The summed E-state index contributed by atoms with van der Waals surface area (Å²) in [5.41, 5.74) is 6.18. The number of rotatable bonds is 0. The molecule has 5 heteroatoms. The Morgan fingerprint density at radius 2 is 1.08 bits per heavy atom. The van der Waals surface area contributed by atoms with Crippen molar-refractivity contribution >= 4 is 0 Å². The van der Waals surface area contributed by atoms with E-state index in [1.54, 1.807) is 0 Å². The molecule has 5 N–H and O–H groups in total. The van der Waals surface area contributed by atoms with Crippen LogP contribution >= 0.6 is 0 Å². The number of hydrazine groups is 1. The van der Waals surface area contributed by atoms with Crippen LogP contribution in [-0.4, -0.2) is 45.9 Å². The fourth-order valence-electron chi connectivity index (χ4n) is 1.06. The minimum absolute atomic E-state index is 0.821. The molecular formula is C7H19N5. The fourth-order valence-corrected chi connectivity index (χ4v) is 1.06. The quantitative estimate of drug-likeness (QED) is 0.288. The molecule has 0 aliphatic carbocycles. The van der Waals surface area contributed by atoms with Crippen LogP contribution in [0, 0.1) is 0 Å². The standard InChI is InChI=1S/C7H19N5/c1-2-9-5-6-11-12-7-10-4-3-8-1/h8-12H,1-7H2. The van der Waals surface area contributed by atoms with Gasteiger partial charge in [-0.05, 0) is 0 Å². The van der Waals surface area contributed by atoms with E-state index in [1.165, 1.54) is 0 Å². The van der Waals surface area contributed by atoms with Crippen LogP contribution in [0.1, 0.15) is 0 Å².